The summed E-state index contributed by atoms with van der Waals surface area (Å²) in [5, 5.41) is 12.1. The van der Waals surface area contributed by atoms with Crippen molar-refractivity contribution in [3.05, 3.63) is 35.9 Å². The van der Waals surface area contributed by atoms with Gasteiger partial charge in [-0.3, -0.25) is 4.79 Å². The standard InChI is InChI=1S/C15H21N5O4S/c1-4-12(14-17-9-18-20(14)5-2)19-15(21)11-8-10(25(16,22)23)6-7-13(11)24-3/h6-9,12H,4-5H2,1-3H3,(H,19,21)(H2,16,22,23). The number of hydrogen-bond acceptors (Lipinski definition) is 6. The normalized spacial score (nSPS) is 12.6. The van der Waals surface area contributed by atoms with Crippen molar-refractivity contribution < 1.29 is 17.9 Å². The lowest BCUT2D eigenvalue weighted by Gasteiger charge is -2.18. The summed E-state index contributed by atoms with van der Waals surface area (Å²) in [7, 11) is -2.54. The number of rotatable bonds is 7. The lowest BCUT2D eigenvalue weighted by atomic mass is 10.1. The first-order valence-corrected chi connectivity index (χ1v) is 9.25. The number of ether oxygens (including phenoxy) is 1. The van der Waals surface area contributed by atoms with Gasteiger partial charge in [0.25, 0.3) is 5.91 Å². The number of carbonyl (C=O) groups is 1. The highest BCUT2D eigenvalue weighted by Gasteiger charge is 2.22. The number of primary sulfonamides is 1. The second kappa shape index (κ2) is 7.62. The molecule has 0 saturated heterocycles. The molecule has 0 radical (unpaired) electrons. The average molecular weight is 367 g/mol. The number of nitrogens with two attached hydrogens (primary N) is 1. The van der Waals surface area contributed by atoms with Gasteiger partial charge in [0.1, 0.15) is 17.9 Å². The minimum Gasteiger partial charge on any atom is -0.496 e. The first-order chi connectivity index (χ1) is 11.8. The third kappa shape index (κ3) is 4.15. The maximum absolute atomic E-state index is 12.7. The van der Waals surface area contributed by atoms with Gasteiger partial charge in [-0.05, 0) is 31.5 Å². The van der Waals surface area contributed by atoms with Crippen molar-refractivity contribution in [1.29, 1.82) is 0 Å². The van der Waals surface area contributed by atoms with Gasteiger partial charge >= 0.3 is 0 Å². The Hall–Kier alpha value is -2.46. The molecule has 1 heterocycles. The maximum Gasteiger partial charge on any atom is 0.255 e. The fourth-order valence-electron chi connectivity index (χ4n) is 2.41. The molecule has 0 aliphatic rings. The van der Waals surface area contributed by atoms with Gasteiger partial charge in [-0.2, -0.15) is 5.10 Å². The number of carbonyl (C=O) groups excluding carboxylic acids is 1. The second-order valence-electron chi connectivity index (χ2n) is 5.28. The number of nitrogens with one attached hydrogen (secondary N) is 1. The van der Waals surface area contributed by atoms with Crippen molar-refractivity contribution in [1.82, 2.24) is 20.1 Å². The summed E-state index contributed by atoms with van der Waals surface area (Å²) < 4.78 is 29.9. The fraction of sp³-hybridized carbons (Fsp3) is 0.400. The Balaban J connectivity index is 2.36. The molecule has 0 fully saturated rings. The molecular weight excluding hydrogens is 346 g/mol. The zero-order chi connectivity index (χ0) is 18.6. The van der Waals surface area contributed by atoms with Crippen LogP contribution < -0.4 is 15.2 Å². The molecule has 1 unspecified atom stereocenters. The van der Waals surface area contributed by atoms with Crippen LogP contribution in [0.2, 0.25) is 0 Å². The van der Waals surface area contributed by atoms with E-state index in [0.29, 0.717) is 18.8 Å². The van der Waals surface area contributed by atoms with Crippen LogP contribution in [0.25, 0.3) is 0 Å². The Morgan fingerprint density at radius 3 is 2.68 bits per heavy atom. The number of sulfonamides is 1. The molecule has 10 heteroatoms. The summed E-state index contributed by atoms with van der Waals surface area (Å²) in [6.45, 7) is 4.44. The van der Waals surface area contributed by atoms with Crippen molar-refractivity contribution >= 4 is 15.9 Å². The van der Waals surface area contributed by atoms with Gasteiger partial charge in [-0.15, -0.1) is 0 Å². The molecule has 9 nitrogen and oxygen atoms in total. The van der Waals surface area contributed by atoms with E-state index >= 15 is 0 Å². The smallest absolute Gasteiger partial charge is 0.255 e. The molecule has 2 aromatic rings. The van der Waals surface area contributed by atoms with Crippen molar-refractivity contribution in [2.24, 2.45) is 5.14 Å². The number of methoxy groups -OCH3 is 1. The molecule has 1 aromatic heterocycles. The summed E-state index contributed by atoms with van der Waals surface area (Å²) in [5.41, 5.74) is 0.0787. The topological polar surface area (TPSA) is 129 Å². The van der Waals surface area contributed by atoms with Crippen LogP contribution in [-0.4, -0.2) is 36.2 Å². The van der Waals surface area contributed by atoms with Gasteiger partial charge in [0.2, 0.25) is 10.0 Å². The Morgan fingerprint density at radius 2 is 2.12 bits per heavy atom. The van der Waals surface area contributed by atoms with E-state index < -0.39 is 15.9 Å². The Kier molecular flexibility index (Phi) is 5.75. The zero-order valence-corrected chi connectivity index (χ0v) is 15.1. The van der Waals surface area contributed by atoms with Crippen LogP contribution in [0.15, 0.2) is 29.4 Å². The zero-order valence-electron chi connectivity index (χ0n) is 14.3. The molecule has 0 spiro atoms. The Bertz CT molecular complexity index is 863. The molecule has 0 bridgehead atoms. The number of hydrogen-bond donors (Lipinski definition) is 2. The summed E-state index contributed by atoms with van der Waals surface area (Å²) in [6, 6.07) is 3.50. The molecule has 1 aromatic carbocycles. The minimum atomic E-state index is -3.93. The van der Waals surface area contributed by atoms with E-state index in [4.69, 9.17) is 9.88 Å². The molecule has 2 rings (SSSR count). The molecule has 0 aliphatic carbocycles. The van der Waals surface area contributed by atoms with Crippen LogP contribution in [0, 0.1) is 0 Å². The SMILES string of the molecule is CCC(NC(=O)c1cc(S(N)(=O)=O)ccc1OC)c1ncnn1CC. The molecule has 1 amide bonds. The lowest BCUT2D eigenvalue weighted by molar-refractivity contribution is 0.0929. The molecule has 0 aliphatic heterocycles. The summed E-state index contributed by atoms with van der Waals surface area (Å²) >= 11 is 0. The predicted octanol–water partition coefficient (Wildman–Crippen LogP) is 0.835. The van der Waals surface area contributed by atoms with Gasteiger partial charge in [-0.1, -0.05) is 6.92 Å². The van der Waals surface area contributed by atoms with Crippen molar-refractivity contribution in [2.45, 2.75) is 37.8 Å². The largest absolute Gasteiger partial charge is 0.496 e. The number of aromatic nitrogens is 3. The van der Waals surface area contributed by atoms with Gasteiger partial charge in [0, 0.05) is 6.54 Å². The summed E-state index contributed by atoms with van der Waals surface area (Å²) in [6.07, 6.45) is 2.01. The van der Waals surface area contributed by atoms with Gasteiger partial charge in [-0.25, -0.2) is 23.2 Å². The lowest BCUT2D eigenvalue weighted by Crippen LogP contribution is -2.31. The molecule has 3 N–H and O–H groups in total. The van der Waals surface area contributed by atoms with Crippen LogP contribution in [0.1, 0.15) is 42.5 Å². The van der Waals surface area contributed by atoms with Gasteiger partial charge in [0.05, 0.1) is 23.6 Å². The third-order valence-corrected chi connectivity index (χ3v) is 4.63. The van der Waals surface area contributed by atoms with E-state index in [1.807, 2.05) is 13.8 Å². The highest BCUT2D eigenvalue weighted by molar-refractivity contribution is 7.89. The highest BCUT2D eigenvalue weighted by Crippen LogP contribution is 2.23. The Labute approximate surface area is 146 Å². The highest BCUT2D eigenvalue weighted by atomic mass is 32.2. The second-order valence-corrected chi connectivity index (χ2v) is 6.84. The van der Waals surface area contributed by atoms with E-state index in [-0.39, 0.29) is 22.3 Å². The van der Waals surface area contributed by atoms with E-state index in [9.17, 15) is 13.2 Å². The van der Waals surface area contributed by atoms with E-state index in [1.54, 1.807) is 4.68 Å². The van der Waals surface area contributed by atoms with E-state index in [0.717, 1.165) is 0 Å². The average Bonchev–Trinajstić information content (AvgIpc) is 3.06. The number of amides is 1. The van der Waals surface area contributed by atoms with Crippen LogP contribution in [0.3, 0.4) is 0 Å². The minimum absolute atomic E-state index is 0.0787. The maximum atomic E-state index is 12.7. The van der Waals surface area contributed by atoms with Crippen molar-refractivity contribution in [2.75, 3.05) is 7.11 Å². The monoisotopic (exact) mass is 367 g/mol. The van der Waals surface area contributed by atoms with Crippen LogP contribution in [0.4, 0.5) is 0 Å². The quantitative estimate of drug-likeness (QED) is 0.746. The number of benzene rings is 1. The van der Waals surface area contributed by atoms with Gasteiger partial charge < -0.3 is 10.1 Å². The van der Waals surface area contributed by atoms with E-state index in [2.05, 4.69) is 15.4 Å². The summed E-state index contributed by atoms with van der Waals surface area (Å²) in [4.78, 5) is 16.7. The van der Waals surface area contributed by atoms with Gasteiger partial charge in [0.15, 0.2) is 0 Å². The Morgan fingerprint density at radius 1 is 1.40 bits per heavy atom. The molecule has 0 saturated carbocycles. The third-order valence-electron chi connectivity index (χ3n) is 3.71. The number of nitrogens with zero attached hydrogens (tertiary/aromatic N) is 3. The predicted molar refractivity (Wildman–Crippen MR) is 90.6 cm³/mol. The van der Waals surface area contributed by atoms with E-state index in [1.165, 1.54) is 31.6 Å². The van der Waals surface area contributed by atoms with Crippen LogP contribution >= 0.6 is 0 Å². The summed E-state index contributed by atoms with van der Waals surface area (Å²) in [5.74, 6) is 0.386. The first-order valence-electron chi connectivity index (χ1n) is 7.71. The molecular formula is C15H21N5O4S. The number of aryl methyl sites for hydroxylation is 1. The fourth-order valence-corrected chi connectivity index (χ4v) is 2.95. The molecule has 25 heavy (non-hydrogen) atoms. The molecule has 136 valence electrons. The molecule has 1 atom stereocenters. The van der Waals surface area contributed by atoms with Crippen LogP contribution in [0.5, 0.6) is 5.75 Å². The van der Waals surface area contributed by atoms with Crippen LogP contribution in [-0.2, 0) is 16.6 Å². The van der Waals surface area contributed by atoms with Crippen molar-refractivity contribution in [3.63, 3.8) is 0 Å². The first kappa shape index (κ1) is 18.9. The van der Waals surface area contributed by atoms with Crippen molar-refractivity contribution in [3.8, 4) is 5.75 Å².